The Balaban J connectivity index is 1.47. The van der Waals surface area contributed by atoms with Crippen LogP contribution in [0, 0.1) is 46.3 Å². The van der Waals surface area contributed by atoms with E-state index in [4.69, 9.17) is 8.74 Å². The van der Waals surface area contributed by atoms with Gasteiger partial charge < -0.3 is 0 Å². The van der Waals surface area contributed by atoms with Crippen molar-refractivity contribution in [3.8, 4) is 0 Å². The standard InChI is InChI=1S/C27H46O3S/c1-18(2)7-6-8-19(3)23-11-12-24-22-10-9-20-17-21(30-31(28)29)13-15-26(20,4)25(22)14-16-27(23,24)5/h9,18-19,21-25H,6-8,10-17H2,1-5H3,(H,28,29)/t19-,21?,22?,23-,24?,25?,26+,27-/m1/s1. The SMILES string of the molecule is CC(C)CCC[C@@H](C)[C@H]1CCC2C3CC=C4CC(OS(=O)O)CC[C@]4(C)C3CC[C@@]21C. The predicted molar refractivity (Wildman–Crippen MR) is 129 cm³/mol. The summed E-state index contributed by atoms with van der Waals surface area (Å²) < 4.78 is 25.6. The Bertz CT molecular complexity index is 703. The van der Waals surface area contributed by atoms with Gasteiger partial charge in [-0.25, -0.2) is 0 Å². The van der Waals surface area contributed by atoms with Gasteiger partial charge in [0.05, 0.1) is 6.10 Å². The molecule has 0 heterocycles. The lowest BCUT2D eigenvalue weighted by Gasteiger charge is -2.58. The van der Waals surface area contributed by atoms with Crippen LogP contribution in [0.1, 0.15) is 105 Å². The normalized spacial score (nSPS) is 44.2. The van der Waals surface area contributed by atoms with Gasteiger partial charge in [0.2, 0.25) is 0 Å². The first kappa shape index (κ1) is 24.0. The van der Waals surface area contributed by atoms with Gasteiger partial charge >= 0.3 is 11.4 Å². The molecule has 31 heavy (non-hydrogen) atoms. The summed E-state index contributed by atoms with van der Waals surface area (Å²) in [5, 5.41) is 0. The Morgan fingerprint density at radius 2 is 1.87 bits per heavy atom. The van der Waals surface area contributed by atoms with Crippen LogP contribution in [0.3, 0.4) is 0 Å². The van der Waals surface area contributed by atoms with Crippen molar-refractivity contribution in [1.82, 2.24) is 0 Å². The Kier molecular flexibility index (Phi) is 7.12. The number of fused-ring (bicyclic) bond motifs is 5. The van der Waals surface area contributed by atoms with Crippen LogP contribution in [0.5, 0.6) is 0 Å². The second-order valence-electron chi connectivity index (χ2n) is 12.5. The molecular formula is C27H46O3S. The lowest BCUT2D eigenvalue weighted by atomic mass is 9.47. The molecule has 4 heteroatoms. The van der Waals surface area contributed by atoms with Crippen LogP contribution in [-0.4, -0.2) is 14.9 Å². The van der Waals surface area contributed by atoms with E-state index in [9.17, 15) is 4.21 Å². The number of rotatable bonds is 7. The molecule has 0 aromatic heterocycles. The third-order valence-electron chi connectivity index (χ3n) is 10.5. The molecule has 3 nitrogen and oxygen atoms in total. The monoisotopic (exact) mass is 450 g/mol. The minimum absolute atomic E-state index is 0.0851. The number of allylic oxidation sites excluding steroid dienone is 1. The van der Waals surface area contributed by atoms with Crippen LogP contribution in [0.2, 0.25) is 0 Å². The summed E-state index contributed by atoms with van der Waals surface area (Å²) in [7, 11) is 0. The summed E-state index contributed by atoms with van der Waals surface area (Å²) in [4.78, 5) is 0. The Labute approximate surface area is 193 Å². The van der Waals surface area contributed by atoms with Crippen molar-refractivity contribution in [2.24, 2.45) is 46.3 Å². The molecule has 178 valence electrons. The highest BCUT2D eigenvalue weighted by molar-refractivity contribution is 7.74. The van der Waals surface area contributed by atoms with E-state index >= 15 is 0 Å². The average molecular weight is 451 g/mol. The lowest BCUT2D eigenvalue weighted by molar-refractivity contribution is -0.0557. The average Bonchev–Trinajstić information content (AvgIpc) is 3.05. The van der Waals surface area contributed by atoms with E-state index in [0.29, 0.717) is 5.41 Å². The quantitative estimate of drug-likeness (QED) is 0.322. The summed E-state index contributed by atoms with van der Waals surface area (Å²) in [6, 6.07) is 0. The molecule has 4 rings (SSSR count). The molecule has 0 bridgehead atoms. The second-order valence-corrected chi connectivity index (χ2v) is 13.1. The Morgan fingerprint density at radius 1 is 1.10 bits per heavy atom. The zero-order valence-electron chi connectivity index (χ0n) is 20.6. The molecule has 4 aliphatic rings. The molecule has 1 N–H and O–H groups in total. The van der Waals surface area contributed by atoms with Crippen LogP contribution in [-0.2, 0) is 15.5 Å². The van der Waals surface area contributed by atoms with Gasteiger partial charge in [-0.2, -0.15) is 4.21 Å². The van der Waals surface area contributed by atoms with Crippen LogP contribution in [0.25, 0.3) is 0 Å². The van der Waals surface area contributed by atoms with Gasteiger partial charge in [-0.05, 0) is 97.7 Å². The van der Waals surface area contributed by atoms with Crippen molar-refractivity contribution in [3.05, 3.63) is 11.6 Å². The molecule has 3 fully saturated rings. The van der Waals surface area contributed by atoms with E-state index in [0.717, 1.165) is 54.8 Å². The summed E-state index contributed by atoms with van der Waals surface area (Å²) in [6.45, 7) is 12.4. The summed E-state index contributed by atoms with van der Waals surface area (Å²) in [6.07, 6.45) is 16.4. The topological polar surface area (TPSA) is 46.5 Å². The summed E-state index contributed by atoms with van der Waals surface area (Å²) in [5.41, 5.74) is 2.34. The largest absolute Gasteiger partial charge is 0.302 e. The summed E-state index contributed by atoms with van der Waals surface area (Å²) >= 11 is -2.15. The smallest absolute Gasteiger partial charge is 0.284 e. The Morgan fingerprint density at radius 3 is 2.58 bits per heavy atom. The van der Waals surface area contributed by atoms with Crippen molar-refractivity contribution < 1.29 is 12.9 Å². The fourth-order valence-electron chi connectivity index (χ4n) is 8.85. The number of hydrogen-bond donors (Lipinski definition) is 1. The maximum absolute atomic E-state index is 11.1. The zero-order valence-corrected chi connectivity index (χ0v) is 21.4. The van der Waals surface area contributed by atoms with E-state index in [1.807, 2.05) is 0 Å². The van der Waals surface area contributed by atoms with Crippen LogP contribution < -0.4 is 0 Å². The molecule has 0 radical (unpaired) electrons. The fourth-order valence-corrected chi connectivity index (χ4v) is 9.25. The zero-order chi connectivity index (χ0) is 22.4. The highest BCUT2D eigenvalue weighted by Gasteiger charge is 2.59. The maximum Gasteiger partial charge on any atom is 0.302 e. The van der Waals surface area contributed by atoms with E-state index in [2.05, 4.69) is 40.7 Å². The molecule has 5 unspecified atom stereocenters. The second kappa shape index (κ2) is 9.22. The fraction of sp³-hybridized carbons (Fsp3) is 0.926. The van der Waals surface area contributed by atoms with Crippen LogP contribution >= 0.6 is 0 Å². The molecule has 0 aromatic rings. The van der Waals surface area contributed by atoms with Crippen LogP contribution in [0.4, 0.5) is 0 Å². The van der Waals surface area contributed by atoms with Crippen molar-refractivity contribution in [2.45, 2.75) is 111 Å². The third kappa shape index (κ3) is 4.47. The third-order valence-corrected chi connectivity index (χ3v) is 10.9. The van der Waals surface area contributed by atoms with Crippen molar-refractivity contribution in [3.63, 3.8) is 0 Å². The highest BCUT2D eigenvalue weighted by atomic mass is 32.2. The van der Waals surface area contributed by atoms with Crippen LogP contribution in [0.15, 0.2) is 11.6 Å². The van der Waals surface area contributed by atoms with E-state index in [1.165, 1.54) is 56.9 Å². The minimum atomic E-state index is -2.15. The van der Waals surface area contributed by atoms with Crippen molar-refractivity contribution in [2.75, 3.05) is 0 Å². The van der Waals surface area contributed by atoms with Gasteiger partial charge in [0.1, 0.15) is 0 Å². The molecule has 0 spiro atoms. The first-order valence-corrected chi connectivity index (χ1v) is 14.2. The molecule has 0 aromatic carbocycles. The van der Waals surface area contributed by atoms with E-state index in [-0.39, 0.29) is 11.5 Å². The van der Waals surface area contributed by atoms with Gasteiger partial charge in [0.15, 0.2) is 0 Å². The Hall–Kier alpha value is -0.190. The molecule has 3 saturated carbocycles. The molecular weight excluding hydrogens is 404 g/mol. The number of hydrogen-bond acceptors (Lipinski definition) is 2. The van der Waals surface area contributed by atoms with E-state index in [1.54, 1.807) is 0 Å². The van der Waals surface area contributed by atoms with Gasteiger partial charge in [0.25, 0.3) is 0 Å². The van der Waals surface area contributed by atoms with Gasteiger partial charge in [-0.15, -0.1) is 0 Å². The molecule has 0 amide bonds. The van der Waals surface area contributed by atoms with Gasteiger partial charge in [-0.3, -0.25) is 8.74 Å². The first-order chi connectivity index (χ1) is 14.6. The van der Waals surface area contributed by atoms with E-state index < -0.39 is 11.4 Å². The molecule has 4 aliphatic carbocycles. The maximum atomic E-state index is 11.1. The summed E-state index contributed by atoms with van der Waals surface area (Å²) in [5.74, 6) is 5.12. The molecule has 0 aliphatic heterocycles. The van der Waals surface area contributed by atoms with Gasteiger partial charge in [-0.1, -0.05) is 65.5 Å². The lowest BCUT2D eigenvalue weighted by Crippen LogP contribution is -2.51. The van der Waals surface area contributed by atoms with Gasteiger partial charge in [0, 0.05) is 0 Å². The predicted octanol–water partition coefficient (Wildman–Crippen LogP) is 7.55. The van der Waals surface area contributed by atoms with Crippen molar-refractivity contribution in [1.29, 1.82) is 0 Å². The molecule has 0 saturated heterocycles. The highest BCUT2D eigenvalue weighted by Crippen LogP contribution is 2.67. The molecule has 9 atom stereocenters. The van der Waals surface area contributed by atoms with Crippen molar-refractivity contribution >= 4 is 11.4 Å². The minimum Gasteiger partial charge on any atom is -0.284 e. The first-order valence-electron chi connectivity index (χ1n) is 13.1.